The number of benzene rings is 1. The average molecular weight is 453 g/mol. The van der Waals surface area contributed by atoms with E-state index in [0.717, 1.165) is 11.1 Å². The van der Waals surface area contributed by atoms with E-state index in [9.17, 15) is 9.59 Å². The first-order valence-corrected chi connectivity index (χ1v) is 11.4. The van der Waals surface area contributed by atoms with Crippen LogP contribution in [0.25, 0.3) is 10.2 Å². The molecule has 0 aliphatic heterocycles. The Bertz CT molecular complexity index is 1290. The largest absolute Gasteiger partial charge is 0.447 e. The molecule has 1 N–H and O–H groups in total. The summed E-state index contributed by atoms with van der Waals surface area (Å²) in [6.07, 6.45) is 3.01. The number of aromatic nitrogens is 3. The number of allylic oxidation sites excluding steroid dienone is 1. The van der Waals surface area contributed by atoms with Crippen molar-refractivity contribution in [2.75, 3.05) is 0 Å². The van der Waals surface area contributed by atoms with Crippen LogP contribution in [0.3, 0.4) is 0 Å². The van der Waals surface area contributed by atoms with Crippen LogP contribution in [0.5, 0.6) is 0 Å². The molecule has 7 nitrogen and oxygen atoms in total. The van der Waals surface area contributed by atoms with Crippen molar-refractivity contribution in [1.82, 2.24) is 19.9 Å². The molecule has 4 rings (SSSR count). The van der Waals surface area contributed by atoms with E-state index >= 15 is 0 Å². The van der Waals surface area contributed by atoms with E-state index in [1.807, 2.05) is 42.6 Å². The predicted molar refractivity (Wildman–Crippen MR) is 122 cm³/mol. The fourth-order valence-corrected chi connectivity index (χ4v) is 4.84. The molecule has 158 valence electrons. The molecule has 0 bridgehead atoms. The van der Waals surface area contributed by atoms with Gasteiger partial charge in [-0.2, -0.15) is 0 Å². The molecule has 0 spiro atoms. The van der Waals surface area contributed by atoms with E-state index in [1.54, 1.807) is 10.6 Å². The van der Waals surface area contributed by atoms with Crippen LogP contribution in [0, 0.1) is 6.92 Å². The maximum absolute atomic E-state index is 12.9. The van der Waals surface area contributed by atoms with E-state index in [0.29, 0.717) is 40.1 Å². The van der Waals surface area contributed by atoms with Crippen molar-refractivity contribution in [3.63, 3.8) is 0 Å². The molecule has 1 amide bonds. The Morgan fingerprint density at radius 1 is 1.32 bits per heavy atom. The summed E-state index contributed by atoms with van der Waals surface area (Å²) in [6.45, 7) is 6.42. The fraction of sp³-hybridized carbons (Fsp3) is 0.182. The van der Waals surface area contributed by atoms with Gasteiger partial charge in [-0.1, -0.05) is 48.2 Å². The number of carbonyl (C=O) groups excluding carboxylic acids is 1. The number of nitrogens with one attached hydrogen (secondary N) is 1. The zero-order chi connectivity index (χ0) is 21.8. The maximum atomic E-state index is 12.9. The molecule has 0 fully saturated rings. The molecule has 31 heavy (non-hydrogen) atoms. The summed E-state index contributed by atoms with van der Waals surface area (Å²) in [5.41, 5.74) is 2.05. The van der Waals surface area contributed by atoms with E-state index in [4.69, 9.17) is 4.42 Å². The van der Waals surface area contributed by atoms with Gasteiger partial charge in [0, 0.05) is 13.1 Å². The van der Waals surface area contributed by atoms with Crippen LogP contribution in [-0.4, -0.2) is 20.4 Å². The highest BCUT2D eigenvalue weighted by Crippen LogP contribution is 2.26. The van der Waals surface area contributed by atoms with Crippen molar-refractivity contribution >= 4 is 39.2 Å². The van der Waals surface area contributed by atoms with Crippen LogP contribution < -0.4 is 10.9 Å². The van der Waals surface area contributed by atoms with Crippen LogP contribution in [-0.2, 0) is 18.8 Å². The van der Waals surface area contributed by atoms with Crippen molar-refractivity contribution in [3.05, 3.63) is 87.7 Å². The summed E-state index contributed by atoms with van der Waals surface area (Å²) in [5.74, 6) is 0.420. The van der Waals surface area contributed by atoms with Gasteiger partial charge < -0.3 is 9.73 Å². The Hall–Kier alpha value is -3.17. The number of fused-ring (bicyclic) bond motifs is 1. The van der Waals surface area contributed by atoms with Crippen molar-refractivity contribution in [1.29, 1.82) is 0 Å². The number of carbonyl (C=O) groups is 1. The van der Waals surface area contributed by atoms with Crippen molar-refractivity contribution in [2.45, 2.75) is 30.9 Å². The monoisotopic (exact) mass is 452 g/mol. The van der Waals surface area contributed by atoms with Gasteiger partial charge in [0.15, 0.2) is 10.9 Å². The second-order valence-electron chi connectivity index (χ2n) is 6.78. The highest BCUT2D eigenvalue weighted by Gasteiger charge is 2.16. The molecule has 0 aliphatic carbocycles. The van der Waals surface area contributed by atoms with Gasteiger partial charge in [-0.3, -0.25) is 14.2 Å². The number of nitrogens with zero attached hydrogens (tertiary/aromatic N) is 3. The highest BCUT2D eigenvalue weighted by molar-refractivity contribution is 7.98. The number of aryl methyl sites for hydroxylation is 1. The van der Waals surface area contributed by atoms with Gasteiger partial charge in [-0.05, 0) is 23.4 Å². The number of rotatable bonds is 8. The Labute approximate surface area is 186 Å². The number of amides is 1. The van der Waals surface area contributed by atoms with Crippen LogP contribution in [0.4, 0.5) is 0 Å². The minimum atomic E-state index is -0.305. The molecule has 0 radical (unpaired) electrons. The SMILES string of the molecule is C=CCn1c(SCc2nc(C(=O)NCc3ccccc3)co2)nc2scc(C)c2c1=O. The molecule has 3 aromatic heterocycles. The summed E-state index contributed by atoms with van der Waals surface area (Å²) < 4.78 is 7.05. The summed E-state index contributed by atoms with van der Waals surface area (Å²) in [5, 5.41) is 5.96. The van der Waals surface area contributed by atoms with E-state index < -0.39 is 0 Å². The van der Waals surface area contributed by atoms with Gasteiger partial charge in [-0.25, -0.2) is 9.97 Å². The summed E-state index contributed by atoms with van der Waals surface area (Å²) >= 11 is 2.78. The summed E-state index contributed by atoms with van der Waals surface area (Å²) in [7, 11) is 0. The lowest BCUT2D eigenvalue weighted by molar-refractivity contribution is 0.0946. The van der Waals surface area contributed by atoms with Gasteiger partial charge in [0.2, 0.25) is 5.89 Å². The second kappa shape index (κ2) is 9.32. The minimum absolute atomic E-state index is 0.0838. The maximum Gasteiger partial charge on any atom is 0.273 e. The van der Waals surface area contributed by atoms with Crippen molar-refractivity contribution in [2.24, 2.45) is 0 Å². The van der Waals surface area contributed by atoms with Crippen molar-refractivity contribution in [3.8, 4) is 0 Å². The molecule has 0 saturated heterocycles. The Morgan fingerprint density at radius 2 is 2.13 bits per heavy atom. The second-order valence-corrected chi connectivity index (χ2v) is 8.58. The average Bonchev–Trinajstić information content (AvgIpc) is 3.40. The highest BCUT2D eigenvalue weighted by atomic mass is 32.2. The first-order valence-electron chi connectivity index (χ1n) is 9.55. The lowest BCUT2D eigenvalue weighted by atomic mass is 10.2. The van der Waals surface area contributed by atoms with Gasteiger partial charge in [0.05, 0.1) is 11.1 Å². The third-order valence-electron chi connectivity index (χ3n) is 4.56. The zero-order valence-corrected chi connectivity index (χ0v) is 18.5. The summed E-state index contributed by atoms with van der Waals surface area (Å²) in [6, 6.07) is 9.64. The molecule has 0 saturated carbocycles. The van der Waals surface area contributed by atoms with E-state index in [2.05, 4.69) is 21.9 Å². The normalized spacial score (nSPS) is 11.0. The molecule has 0 atom stereocenters. The van der Waals surface area contributed by atoms with Crippen LogP contribution >= 0.6 is 23.1 Å². The van der Waals surface area contributed by atoms with Gasteiger partial charge in [0.25, 0.3) is 11.5 Å². The molecule has 4 aromatic rings. The van der Waals surface area contributed by atoms with Gasteiger partial charge in [0.1, 0.15) is 11.1 Å². The Balaban J connectivity index is 1.46. The molecule has 1 aromatic carbocycles. The van der Waals surface area contributed by atoms with Gasteiger partial charge >= 0.3 is 0 Å². The number of thioether (sulfide) groups is 1. The smallest absolute Gasteiger partial charge is 0.273 e. The first-order chi connectivity index (χ1) is 15.1. The lowest BCUT2D eigenvalue weighted by Crippen LogP contribution is -2.23. The zero-order valence-electron chi connectivity index (χ0n) is 16.8. The topological polar surface area (TPSA) is 90.0 Å². The predicted octanol–water partition coefficient (Wildman–Crippen LogP) is 4.16. The molecular weight excluding hydrogens is 432 g/mol. The summed E-state index contributed by atoms with van der Waals surface area (Å²) in [4.78, 5) is 34.8. The van der Waals surface area contributed by atoms with Crippen molar-refractivity contribution < 1.29 is 9.21 Å². The Kier molecular flexibility index (Phi) is 6.34. The number of thiophene rings is 1. The van der Waals surface area contributed by atoms with Gasteiger partial charge in [-0.15, -0.1) is 17.9 Å². The minimum Gasteiger partial charge on any atom is -0.447 e. The first kappa shape index (κ1) is 21.1. The lowest BCUT2D eigenvalue weighted by Gasteiger charge is -2.09. The molecule has 9 heteroatoms. The fourth-order valence-electron chi connectivity index (χ4n) is 3.02. The number of hydrogen-bond donors (Lipinski definition) is 1. The van der Waals surface area contributed by atoms with E-state index in [-0.39, 0.29) is 17.2 Å². The van der Waals surface area contributed by atoms with E-state index in [1.165, 1.54) is 29.4 Å². The number of oxazole rings is 1. The molecule has 0 aliphatic rings. The Morgan fingerprint density at radius 3 is 2.90 bits per heavy atom. The van der Waals surface area contributed by atoms with Crippen LogP contribution in [0.15, 0.2) is 69.0 Å². The molecule has 0 unspecified atom stereocenters. The quantitative estimate of drug-likeness (QED) is 0.245. The molecular formula is C22H20N4O3S2. The third-order valence-corrected chi connectivity index (χ3v) is 6.51. The molecule has 3 heterocycles. The van der Waals surface area contributed by atoms with Crippen LogP contribution in [0.2, 0.25) is 0 Å². The van der Waals surface area contributed by atoms with Crippen LogP contribution in [0.1, 0.15) is 27.5 Å². The third kappa shape index (κ3) is 4.62. The number of hydrogen-bond acceptors (Lipinski definition) is 7. The standard InChI is InChI=1S/C22H20N4O3S2/c1-3-9-26-21(28)18-14(2)12-30-20(18)25-22(26)31-13-17-24-16(11-29-17)19(27)23-10-15-7-5-4-6-8-15/h3-8,11-12H,1,9-10,13H2,2H3,(H,23,27).